The number of amides is 1. The van der Waals surface area contributed by atoms with Crippen molar-refractivity contribution in [2.24, 2.45) is 0 Å². The number of carbonyl (C=O) groups excluding carboxylic acids is 1. The van der Waals surface area contributed by atoms with Gasteiger partial charge in [0.1, 0.15) is 48.8 Å². The molecule has 2 aliphatic heterocycles. The molecule has 14 nitrogen and oxygen atoms in total. The Balaban J connectivity index is 1.66. The second-order valence-electron chi connectivity index (χ2n) is 26.1. The second-order valence-corrected chi connectivity index (χ2v) is 26.1. The summed E-state index contributed by atoms with van der Waals surface area (Å²) in [5.41, 5.74) is 0. The lowest BCUT2D eigenvalue weighted by atomic mass is 9.97. The van der Waals surface area contributed by atoms with Crippen LogP contribution < -0.4 is 5.32 Å². The number of aliphatic hydroxyl groups is 8. The third-order valence-corrected chi connectivity index (χ3v) is 18.2. The van der Waals surface area contributed by atoms with Crippen LogP contribution in [0.4, 0.5) is 0 Å². The number of unbranched alkanes of at least 4 members (excludes halogenated alkanes) is 48. The Kier molecular flexibility index (Phi) is 53.2. The quantitative estimate of drug-likeness (QED) is 0.0204. The summed E-state index contributed by atoms with van der Waals surface area (Å²) in [6, 6.07) is -0.911. The monoisotopic (exact) mass is 1210 g/mol. The molecule has 85 heavy (non-hydrogen) atoms. The minimum absolute atomic E-state index is 0.231. The van der Waals surface area contributed by atoms with E-state index in [1.807, 2.05) is 6.08 Å². The van der Waals surface area contributed by atoms with Gasteiger partial charge in [-0.25, -0.2) is 0 Å². The summed E-state index contributed by atoms with van der Waals surface area (Å²) >= 11 is 0. The summed E-state index contributed by atoms with van der Waals surface area (Å²) in [6.45, 7) is 2.86. The molecule has 504 valence electrons. The lowest BCUT2D eigenvalue weighted by Gasteiger charge is -2.46. The molecule has 0 spiro atoms. The van der Waals surface area contributed by atoms with Gasteiger partial charge in [0.25, 0.3) is 0 Å². The van der Waals surface area contributed by atoms with Gasteiger partial charge in [0.05, 0.1) is 32.0 Å². The first kappa shape index (κ1) is 79.8. The summed E-state index contributed by atoms with van der Waals surface area (Å²) < 4.78 is 22.9. The van der Waals surface area contributed by atoms with Crippen LogP contribution in [-0.2, 0) is 23.7 Å². The molecule has 12 unspecified atom stereocenters. The van der Waals surface area contributed by atoms with Crippen molar-refractivity contribution in [2.45, 2.75) is 415 Å². The van der Waals surface area contributed by atoms with E-state index in [0.717, 1.165) is 38.5 Å². The maximum absolute atomic E-state index is 13.3. The summed E-state index contributed by atoms with van der Waals surface area (Å²) in [6.07, 6.45) is 52.7. The van der Waals surface area contributed by atoms with E-state index in [9.17, 15) is 45.6 Å². The molecule has 0 saturated carbocycles. The van der Waals surface area contributed by atoms with Gasteiger partial charge in [0, 0.05) is 6.42 Å². The molecule has 0 radical (unpaired) electrons. The number of ether oxygens (including phenoxy) is 4. The van der Waals surface area contributed by atoms with Gasteiger partial charge in [0.15, 0.2) is 12.6 Å². The number of allylic oxidation sites excluding steroid dienone is 1. The molecular weight excluding hydrogens is 1070 g/mol. The Hall–Kier alpha value is -1.27. The van der Waals surface area contributed by atoms with Gasteiger partial charge in [-0.15, -0.1) is 0 Å². The average Bonchev–Trinajstić information content (AvgIpc) is 3.70. The molecule has 12 atom stereocenters. The zero-order valence-corrected chi connectivity index (χ0v) is 54.9. The highest BCUT2D eigenvalue weighted by Crippen LogP contribution is 2.30. The molecule has 0 aliphatic carbocycles. The van der Waals surface area contributed by atoms with Crippen LogP contribution in [0, 0.1) is 0 Å². The zero-order valence-electron chi connectivity index (χ0n) is 54.9. The van der Waals surface area contributed by atoms with Gasteiger partial charge >= 0.3 is 0 Å². The third kappa shape index (κ3) is 41.0. The van der Waals surface area contributed by atoms with Gasteiger partial charge in [-0.05, 0) is 19.3 Å². The van der Waals surface area contributed by atoms with Crippen LogP contribution in [0.5, 0.6) is 0 Å². The van der Waals surface area contributed by atoms with E-state index in [2.05, 4.69) is 19.2 Å². The van der Waals surface area contributed by atoms with Crippen molar-refractivity contribution >= 4 is 5.91 Å². The Labute approximate surface area is 520 Å². The lowest BCUT2D eigenvalue weighted by molar-refractivity contribution is -0.359. The standard InChI is InChI=1S/C71H137NO13/c1-3-5-7-9-11-13-15-17-19-21-23-25-26-27-28-29-30-31-32-33-35-36-38-40-42-44-46-48-50-52-54-60(75)59(58-82-70-68(81)66(79)69(62(57-74)84-70)85-71-67(80)65(78)64(77)61(56-73)83-71)72-63(76)55-53-51-49-47-45-43-41-39-37-34-24-22-20-18-16-14-12-10-8-6-4-2/h52,54,59-62,64-71,73-75,77-81H,3-51,53,55-58H2,1-2H3,(H,72,76)/b54-52+. The molecule has 2 saturated heterocycles. The first-order valence-electron chi connectivity index (χ1n) is 36.4. The molecule has 2 heterocycles. The SMILES string of the molecule is CCCCCCCCCCCCCCCCCCCCCCCCCCCCCC/C=C/C(O)C(COC1OC(CO)C(OC2OC(CO)C(O)C(O)C2O)C(O)C1O)NC(=O)CCCCCCCCCCCCCCCCCCCCCCC. The van der Waals surface area contributed by atoms with Crippen LogP contribution in [-0.4, -0.2) is 140 Å². The van der Waals surface area contributed by atoms with Gasteiger partial charge in [-0.2, -0.15) is 0 Å². The van der Waals surface area contributed by atoms with Crippen molar-refractivity contribution in [3.8, 4) is 0 Å². The Bertz CT molecular complexity index is 1470. The fourth-order valence-electron chi connectivity index (χ4n) is 12.4. The maximum Gasteiger partial charge on any atom is 0.220 e. The van der Waals surface area contributed by atoms with Crippen LogP contribution in [0.3, 0.4) is 0 Å². The highest BCUT2D eigenvalue weighted by atomic mass is 16.7. The Morgan fingerprint density at radius 3 is 1.08 bits per heavy atom. The summed E-state index contributed by atoms with van der Waals surface area (Å²) in [5.74, 6) is -0.231. The molecule has 0 aromatic heterocycles. The number of hydrogen-bond acceptors (Lipinski definition) is 13. The minimum Gasteiger partial charge on any atom is -0.394 e. The van der Waals surface area contributed by atoms with E-state index in [4.69, 9.17) is 18.9 Å². The predicted octanol–water partition coefficient (Wildman–Crippen LogP) is 15.0. The minimum atomic E-state index is -1.79. The zero-order chi connectivity index (χ0) is 61.6. The van der Waals surface area contributed by atoms with E-state index in [-0.39, 0.29) is 18.9 Å². The largest absolute Gasteiger partial charge is 0.394 e. The molecule has 14 heteroatoms. The molecule has 1 amide bonds. The van der Waals surface area contributed by atoms with Crippen molar-refractivity contribution in [3.05, 3.63) is 12.2 Å². The third-order valence-electron chi connectivity index (χ3n) is 18.2. The van der Waals surface area contributed by atoms with Crippen LogP contribution in [0.15, 0.2) is 12.2 Å². The number of aliphatic hydroxyl groups excluding tert-OH is 8. The van der Waals surface area contributed by atoms with Crippen LogP contribution in [0.2, 0.25) is 0 Å². The first-order valence-corrected chi connectivity index (χ1v) is 36.4. The number of nitrogens with one attached hydrogen (secondary N) is 1. The molecule has 9 N–H and O–H groups in total. The molecule has 0 aromatic carbocycles. The summed E-state index contributed by atoms with van der Waals surface area (Å²) in [7, 11) is 0. The summed E-state index contributed by atoms with van der Waals surface area (Å²) in [5, 5.41) is 87.5. The van der Waals surface area contributed by atoms with Crippen molar-refractivity contribution in [1.82, 2.24) is 5.32 Å². The van der Waals surface area contributed by atoms with Gasteiger partial charge in [-0.3, -0.25) is 4.79 Å². The molecular formula is C71H137NO13. The predicted molar refractivity (Wildman–Crippen MR) is 346 cm³/mol. The van der Waals surface area contributed by atoms with Crippen molar-refractivity contribution < 1.29 is 64.6 Å². The van der Waals surface area contributed by atoms with Crippen molar-refractivity contribution in [2.75, 3.05) is 19.8 Å². The van der Waals surface area contributed by atoms with E-state index in [1.165, 1.54) is 276 Å². The van der Waals surface area contributed by atoms with Crippen LogP contribution in [0.25, 0.3) is 0 Å². The van der Waals surface area contributed by atoms with Gasteiger partial charge in [0.2, 0.25) is 5.91 Å². The molecule has 0 aromatic rings. The maximum atomic E-state index is 13.3. The van der Waals surface area contributed by atoms with Crippen LogP contribution in [0.1, 0.15) is 341 Å². The fraction of sp³-hybridized carbons (Fsp3) is 0.958. The first-order chi connectivity index (χ1) is 41.6. The number of hydrogen-bond donors (Lipinski definition) is 9. The molecule has 2 aliphatic rings. The molecule has 0 bridgehead atoms. The molecule has 2 fully saturated rings. The van der Waals surface area contributed by atoms with Crippen molar-refractivity contribution in [3.63, 3.8) is 0 Å². The highest BCUT2D eigenvalue weighted by molar-refractivity contribution is 5.76. The fourth-order valence-corrected chi connectivity index (χ4v) is 12.4. The Morgan fingerprint density at radius 1 is 0.412 bits per heavy atom. The second kappa shape index (κ2) is 56.7. The van der Waals surface area contributed by atoms with Gasteiger partial charge < -0.3 is 65.1 Å². The number of carbonyl (C=O) groups is 1. The van der Waals surface area contributed by atoms with E-state index < -0.39 is 86.8 Å². The lowest BCUT2D eigenvalue weighted by Crippen LogP contribution is -2.65. The van der Waals surface area contributed by atoms with E-state index in [0.29, 0.717) is 6.42 Å². The average molecular weight is 1210 g/mol. The number of rotatable bonds is 61. The smallest absolute Gasteiger partial charge is 0.220 e. The summed E-state index contributed by atoms with van der Waals surface area (Å²) in [4.78, 5) is 13.3. The van der Waals surface area contributed by atoms with E-state index in [1.54, 1.807) is 6.08 Å². The van der Waals surface area contributed by atoms with Gasteiger partial charge in [-0.1, -0.05) is 328 Å². The van der Waals surface area contributed by atoms with Crippen LogP contribution >= 0.6 is 0 Å². The van der Waals surface area contributed by atoms with Crippen molar-refractivity contribution in [1.29, 1.82) is 0 Å². The highest BCUT2D eigenvalue weighted by Gasteiger charge is 2.51. The Morgan fingerprint density at radius 2 is 0.729 bits per heavy atom. The topological polar surface area (TPSA) is 228 Å². The molecule has 2 rings (SSSR count). The normalized spacial score (nSPS) is 23.5. The van der Waals surface area contributed by atoms with E-state index >= 15 is 0 Å².